The highest BCUT2D eigenvalue weighted by Crippen LogP contribution is 2.22. The molecule has 1 unspecified atom stereocenters. The lowest BCUT2D eigenvalue weighted by atomic mass is 10.2. The second-order valence-corrected chi connectivity index (χ2v) is 5.53. The summed E-state index contributed by atoms with van der Waals surface area (Å²) in [5, 5.41) is 8.98. The lowest BCUT2D eigenvalue weighted by Gasteiger charge is -2.20. The molecule has 0 N–H and O–H groups in total. The molecule has 0 bridgehead atoms. The molecule has 1 heterocycles. The maximum atomic E-state index is 11.8. The zero-order valence-electron chi connectivity index (χ0n) is 9.25. The zero-order valence-corrected chi connectivity index (χ0v) is 10.1. The topological polar surface area (TPSA) is 74.3 Å². The van der Waals surface area contributed by atoms with Crippen LogP contribution in [0.4, 0.5) is 0 Å². The highest BCUT2D eigenvalue weighted by atomic mass is 32.2. The predicted octanol–water partition coefficient (Wildman–Crippen LogP) is 1.52. The largest absolute Gasteiger partial charge is 0.467 e. The van der Waals surface area contributed by atoms with Gasteiger partial charge >= 0.3 is 0 Å². The highest BCUT2D eigenvalue weighted by molar-refractivity contribution is 7.89. The summed E-state index contributed by atoms with van der Waals surface area (Å²) in [6.07, 6.45) is 1.93. The van der Waals surface area contributed by atoms with Gasteiger partial charge in [-0.25, -0.2) is 8.42 Å². The number of nitriles is 1. The molecule has 1 aromatic rings. The van der Waals surface area contributed by atoms with E-state index in [0.29, 0.717) is 12.2 Å². The maximum absolute atomic E-state index is 11.8. The van der Waals surface area contributed by atoms with Crippen molar-refractivity contribution in [3.63, 3.8) is 0 Å². The van der Waals surface area contributed by atoms with Crippen molar-refractivity contribution >= 4 is 10.0 Å². The average Bonchev–Trinajstić information content (AvgIpc) is 2.72. The van der Waals surface area contributed by atoms with E-state index in [1.165, 1.54) is 13.3 Å². The Bertz CT molecular complexity index is 459. The maximum Gasteiger partial charge on any atom is 0.215 e. The average molecular weight is 242 g/mol. The third-order valence-electron chi connectivity index (χ3n) is 2.20. The highest BCUT2D eigenvalue weighted by Gasteiger charge is 2.28. The van der Waals surface area contributed by atoms with Crippen LogP contribution < -0.4 is 0 Å². The van der Waals surface area contributed by atoms with Gasteiger partial charge in [0.2, 0.25) is 10.0 Å². The normalized spacial score (nSPS) is 13.6. The van der Waals surface area contributed by atoms with E-state index in [2.05, 4.69) is 0 Å². The Morgan fingerprint density at radius 1 is 1.62 bits per heavy atom. The summed E-state index contributed by atoms with van der Waals surface area (Å²) in [5.74, 6) is 0.368. The Morgan fingerprint density at radius 2 is 2.31 bits per heavy atom. The van der Waals surface area contributed by atoms with Crippen molar-refractivity contribution in [2.75, 3.05) is 12.8 Å². The predicted molar refractivity (Wildman–Crippen MR) is 58.9 cm³/mol. The van der Waals surface area contributed by atoms with Crippen LogP contribution in [0.15, 0.2) is 22.8 Å². The fourth-order valence-electron chi connectivity index (χ4n) is 1.33. The first kappa shape index (κ1) is 12.7. The van der Waals surface area contributed by atoms with Gasteiger partial charge in [0.15, 0.2) is 6.04 Å². The molecule has 5 nitrogen and oxygen atoms in total. The van der Waals surface area contributed by atoms with Crippen LogP contribution in [0.5, 0.6) is 0 Å². The Hall–Kier alpha value is -1.32. The molecule has 0 aliphatic heterocycles. The van der Waals surface area contributed by atoms with Crippen LogP contribution >= 0.6 is 0 Å². The van der Waals surface area contributed by atoms with Crippen molar-refractivity contribution in [3.8, 4) is 6.07 Å². The lowest BCUT2D eigenvalue weighted by molar-refractivity contribution is 0.371. The van der Waals surface area contributed by atoms with Gasteiger partial charge in [-0.1, -0.05) is 6.92 Å². The Kier molecular flexibility index (Phi) is 4.10. The van der Waals surface area contributed by atoms with Crippen LogP contribution in [0.3, 0.4) is 0 Å². The summed E-state index contributed by atoms with van der Waals surface area (Å²) in [6.45, 7) is 1.78. The van der Waals surface area contributed by atoms with Gasteiger partial charge in [0.1, 0.15) is 5.76 Å². The van der Waals surface area contributed by atoms with Gasteiger partial charge < -0.3 is 4.42 Å². The summed E-state index contributed by atoms with van der Waals surface area (Å²) in [5.41, 5.74) is 0. The zero-order chi connectivity index (χ0) is 12.2. The SMILES string of the molecule is CCCS(=O)(=O)N(C)C(C#N)c1ccco1. The summed E-state index contributed by atoms with van der Waals surface area (Å²) < 4.78 is 29.6. The molecule has 0 fully saturated rings. The van der Waals surface area contributed by atoms with E-state index < -0.39 is 16.1 Å². The first-order valence-electron chi connectivity index (χ1n) is 4.91. The summed E-state index contributed by atoms with van der Waals surface area (Å²) >= 11 is 0. The van der Waals surface area contributed by atoms with Gasteiger partial charge in [0.25, 0.3) is 0 Å². The molecule has 1 atom stereocenters. The molecule has 0 saturated heterocycles. The fourth-order valence-corrected chi connectivity index (χ4v) is 2.61. The minimum atomic E-state index is -3.40. The number of hydrogen-bond acceptors (Lipinski definition) is 4. The molecular weight excluding hydrogens is 228 g/mol. The van der Waals surface area contributed by atoms with Crippen LogP contribution in [0, 0.1) is 11.3 Å². The molecule has 0 aliphatic carbocycles. The lowest BCUT2D eigenvalue weighted by Crippen LogP contribution is -2.32. The van der Waals surface area contributed by atoms with Crippen molar-refractivity contribution < 1.29 is 12.8 Å². The molecule has 1 aromatic heterocycles. The first-order valence-corrected chi connectivity index (χ1v) is 6.52. The molecule has 0 aliphatic rings. The van der Waals surface area contributed by atoms with E-state index in [-0.39, 0.29) is 5.75 Å². The van der Waals surface area contributed by atoms with Gasteiger partial charge in [-0.2, -0.15) is 9.57 Å². The second-order valence-electron chi connectivity index (χ2n) is 3.38. The molecular formula is C10H14N2O3S. The molecule has 0 amide bonds. The van der Waals surface area contributed by atoms with E-state index in [9.17, 15) is 8.42 Å². The standard InChI is InChI=1S/C10H14N2O3S/c1-3-7-16(13,14)12(2)9(8-11)10-5-4-6-15-10/h4-6,9H,3,7H2,1-2H3. The van der Waals surface area contributed by atoms with Crippen LogP contribution in [0.1, 0.15) is 25.1 Å². The smallest absolute Gasteiger partial charge is 0.215 e. The number of sulfonamides is 1. The van der Waals surface area contributed by atoms with Crippen LogP contribution in [0.2, 0.25) is 0 Å². The Balaban J connectivity index is 2.96. The van der Waals surface area contributed by atoms with Gasteiger partial charge in [-0.3, -0.25) is 0 Å². The van der Waals surface area contributed by atoms with Crippen molar-refractivity contribution in [3.05, 3.63) is 24.2 Å². The van der Waals surface area contributed by atoms with Gasteiger partial charge in [-0.15, -0.1) is 0 Å². The number of rotatable bonds is 5. The third kappa shape index (κ3) is 2.62. The first-order chi connectivity index (χ1) is 7.53. The molecule has 16 heavy (non-hydrogen) atoms. The second kappa shape index (κ2) is 5.14. The van der Waals surface area contributed by atoms with E-state index >= 15 is 0 Å². The van der Waals surface area contributed by atoms with Crippen molar-refractivity contribution in [2.45, 2.75) is 19.4 Å². The third-order valence-corrected chi connectivity index (χ3v) is 4.21. The molecule has 1 rings (SSSR count). The summed E-state index contributed by atoms with van der Waals surface area (Å²) in [4.78, 5) is 0. The fraction of sp³-hybridized carbons (Fsp3) is 0.500. The monoisotopic (exact) mass is 242 g/mol. The molecule has 0 aromatic carbocycles. The van der Waals surface area contributed by atoms with Crippen LogP contribution in [-0.2, 0) is 10.0 Å². The Morgan fingerprint density at radius 3 is 2.75 bits per heavy atom. The van der Waals surface area contributed by atoms with E-state index in [0.717, 1.165) is 4.31 Å². The van der Waals surface area contributed by atoms with Gasteiger partial charge in [0.05, 0.1) is 18.1 Å². The van der Waals surface area contributed by atoms with Gasteiger partial charge in [-0.05, 0) is 18.6 Å². The van der Waals surface area contributed by atoms with Crippen LogP contribution in [-0.4, -0.2) is 25.5 Å². The minimum absolute atomic E-state index is 0.0301. The van der Waals surface area contributed by atoms with E-state index in [1.54, 1.807) is 19.1 Å². The van der Waals surface area contributed by atoms with E-state index in [4.69, 9.17) is 9.68 Å². The summed E-state index contributed by atoms with van der Waals surface area (Å²) in [6, 6.07) is 4.24. The minimum Gasteiger partial charge on any atom is -0.467 e. The molecule has 88 valence electrons. The Labute approximate surface area is 95.3 Å². The number of furan rings is 1. The molecule has 0 spiro atoms. The molecule has 0 radical (unpaired) electrons. The van der Waals surface area contributed by atoms with Crippen molar-refractivity contribution in [1.29, 1.82) is 5.26 Å². The molecule has 6 heteroatoms. The van der Waals surface area contributed by atoms with Gasteiger partial charge in [0, 0.05) is 7.05 Å². The number of nitrogens with zero attached hydrogens (tertiary/aromatic N) is 2. The number of hydrogen-bond donors (Lipinski definition) is 0. The van der Waals surface area contributed by atoms with Crippen molar-refractivity contribution in [2.24, 2.45) is 0 Å². The van der Waals surface area contributed by atoms with Crippen LogP contribution in [0.25, 0.3) is 0 Å². The quantitative estimate of drug-likeness (QED) is 0.784. The molecule has 0 saturated carbocycles. The summed E-state index contributed by atoms with van der Waals surface area (Å²) in [7, 11) is -2.01. The van der Waals surface area contributed by atoms with E-state index in [1.807, 2.05) is 6.07 Å². The van der Waals surface area contributed by atoms with Crippen molar-refractivity contribution in [1.82, 2.24) is 4.31 Å².